The lowest BCUT2D eigenvalue weighted by molar-refractivity contribution is 0.0952. The van der Waals surface area contributed by atoms with E-state index in [1.165, 1.54) is 12.8 Å². The summed E-state index contributed by atoms with van der Waals surface area (Å²) in [7, 11) is 0. The average Bonchev–Trinajstić information content (AvgIpc) is 2.82. The van der Waals surface area contributed by atoms with Gasteiger partial charge in [-0.25, -0.2) is 0 Å². The summed E-state index contributed by atoms with van der Waals surface area (Å²) in [6.45, 7) is 1.82. The van der Waals surface area contributed by atoms with Crippen LogP contribution in [0.4, 0.5) is 0 Å². The van der Waals surface area contributed by atoms with Gasteiger partial charge >= 0.3 is 0 Å². The van der Waals surface area contributed by atoms with Crippen LogP contribution in [0, 0.1) is 0 Å². The monoisotopic (exact) mass is 252 g/mol. The molecule has 1 saturated heterocycles. The summed E-state index contributed by atoms with van der Waals surface area (Å²) in [5.74, 6) is -0.0505. The van der Waals surface area contributed by atoms with Crippen LogP contribution in [0.25, 0.3) is 0 Å². The molecule has 1 aliphatic rings. The second-order valence-electron chi connectivity index (χ2n) is 4.35. The SMILES string of the molecule is O=C(NCC[C@H]1CCCN1)c1cccc(Cl)c1. The van der Waals surface area contributed by atoms with Gasteiger partial charge < -0.3 is 10.6 Å². The van der Waals surface area contributed by atoms with Crippen LogP contribution >= 0.6 is 11.6 Å². The van der Waals surface area contributed by atoms with Crippen molar-refractivity contribution in [3.8, 4) is 0 Å². The number of carbonyl (C=O) groups is 1. The third kappa shape index (κ3) is 3.72. The summed E-state index contributed by atoms with van der Waals surface area (Å²) < 4.78 is 0. The van der Waals surface area contributed by atoms with Crippen molar-refractivity contribution < 1.29 is 4.79 Å². The third-order valence-electron chi connectivity index (χ3n) is 3.03. The molecule has 1 aromatic rings. The van der Waals surface area contributed by atoms with Gasteiger partial charge in [0.15, 0.2) is 0 Å². The highest BCUT2D eigenvalue weighted by Crippen LogP contribution is 2.11. The molecule has 3 nitrogen and oxygen atoms in total. The fraction of sp³-hybridized carbons (Fsp3) is 0.462. The number of carbonyl (C=O) groups excluding carboxylic acids is 1. The van der Waals surface area contributed by atoms with Gasteiger partial charge in [-0.2, -0.15) is 0 Å². The summed E-state index contributed by atoms with van der Waals surface area (Å²) in [5.41, 5.74) is 0.622. The zero-order valence-electron chi connectivity index (χ0n) is 9.71. The highest BCUT2D eigenvalue weighted by molar-refractivity contribution is 6.30. The molecule has 1 aromatic carbocycles. The van der Waals surface area contributed by atoms with Crippen molar-refractivity contribution in [3.63, 3.8) is 0 Å². The van der Waals surface area contributed by atoms with Gasteiger partial charge in [-0.3, -0.25) is 4.79 Å². The lowest BCUT2D eigenvalue weighted by atomic mass is 10.1. The Morgan fingerprint density at radius 3 is 3.12 bits per heavy atom. The van der Waals surface area contributed by atoms with Crippen molar-refractivity contribution in [1.29, 1.82) is 0 Å². The topological polar surface area (TPSA) is 41.1 Å². The summed E-state index contributed by atoms with van der Waals surface area (Å²) in [6, 6.07) is 7.57. The predicted molar refractivity (Wildman–Crippen MR) is 69.4 cm³/mol. The molecule has 2 N–H and O–H groups in total. The fourth-order valence-electron chi connectivity index (χ4n) is 2.09. The van der Waals surface area contributed by atoms with Crippen molar-refractivity contribution >= 4 is 17.5 Å². The number of rotatable bonds is 4. The van der Waals surface area contributed by atoms with Crippen LogP contribution in [0.5, 0.6) is 0 Å². The molecule has 0 aromatic heterocycles. The molecule has 1 heterocycles. The number of halogens is 1. The van der Waals surface area contributed by atoms with E-state index in [1.54, 1.807) is 24.3 Å². The van der Waals surface area contributed by atoms with E-state index in [9.17, 15) is 4.79 Å². The first-order valence-electron chi connectivity index (χ1n) is 6.03. The van der Waals surface area contributed by atoms with Gasteiger partial charge in [0.2, 0.25) is 0 Å². The van der Waals surface area contributed by atoms with Gasteiger partial charge in [0.1, 0.15) is 0 Å². The maximum absolute atomic E-state index is 11.8. The van der Waals surface area contributed by atoms with E-state index >= 15 is 0 Å². The Hall–Kier alpha value is -1.06. The highest BCUT2D eigenvalue weighted by Gasteiger charge is 2.13. The molecule has 1 aliphatic heterocycles. The molecule has 0 saturated carbocycles. The molecule has 0 aliphatic carbocycles. The van der Waals surface area contributed by atoms with E-state index in [2.05, 4.69) is 10.6 Å². The number of nitrogens with one attached hydrogen (secondary N) is 2. The van der Waals surface area contributed by atoms with Crippen molar-refractivity contribution in [2.75, 3.05) is 13.1 Å². The molecular weight excluding hydrogens is 236 g/mol. The maximum Gasteiger partial charge on any atom is 0.251 e. The molecule has 17 heavy (non-hydrogen) atoms. The Bertz CT molecular complexity index is 389. The van der Waals surface area contributed by atoms with E-state index in [1.807, 2.05) is 0 Å². The average molecular weight is 253 g/mol. The molecule has 1 fully saturated rings. The Balaban J connectivity index is 1.77. The van der Waals surface area contributed by atoms with Gasteiger partial charge in [0, 0.05) is 23.2 Å². The van der Waals surface area contributed by atoms with E-state index in [-0.39, 0.29) is 5.91 Å². The smallest absolute Gasteiger partial charge is 0.251 e. The molecule has 0 bridgehead atoms. The number of benzene rings is 1. The van der Waals surface area contributed by atoms with Gasteiger partial charge in [0.05, 0.1) is 0 Å². The molecule has 0 unspecified atom stereocenters. The van der Waals surface area contributed by atoms with Crippen LogP contribution in [0.15, 0.2) is 24.3 Å². The minimum absolute atomic E-state index is 0.0505. The van der Waals surface area contributed by atoms with Crippen molar-refractivity contribution in [3.05, 3.63) is 34.9 Å². The maximum atomic E-state index is 11.8. The van der Waals surface area contributed by atoms with Gasteiger partial charge in [0.25, 0.3) is 5.91 Å². The van der Waals surface area contributed by atoms with Crippen LogP contribution in [-0.4, -0.2) is 25.0 Å². The van der Waals surface area contributed by atoms with Gasteiger partial charge in [-0.15, -0.1) is 0 Å². The first kappa shape index (κ1) is 12.4. The van der Waals surface area contributed by atoms with Crippen LogP contribution in [0.2, 0.25) is 5.02 Å². The molecule has 0 spiro atoms. The Labute approximate surface area is 107 Å². The van der Waals surface area contributed by atoms with E-state index in [0.29, 0.717) is 23.2 Å². The van der Waals surface area contributed by atoms with Crippen LogP contribution in [-0.2, 0) is 0 Å². The van der Waals surface area contributed by atoms with E-state index < -0.39 is 0 Å². The molecule has 2 rings (SSSR count). The Kier molecular flexibility index (Phi) is 4.40. The molecular formula is C13H17ClN2O. The summed E-state index contributed by atoms with van der Waals surface area (Å²) in [5, 5.41) is 6.91. The number of hydrogen-bond donors (Lipinski definition) is 2. The highest BCUT2D eigenvalue weighted by atomic mass is 35.5. The molecule has 1 atom stereocenters. The number of hydrogen-bond acceptors (Lipinski definition) is 2. The summed E-state index contributed by atoms with van der Waals surface area (Å²) in [6.07, 6.45) is 3.45. The molecule has 1 amide bonds. The largest absolute Gasteiger partial charge is 0.352 e. The van der Waals surface area contributed by atoms with Crippen molar-refractivity contribution in [2.24, 2.45) is 0 Å². The Morgan fingerprint density at radius 1 is 1.53 bits per heavy atom. The number of amides is 1. The van der Waals surface area contributed by atoms with Crippen LogP contribution in [0.3, 0.4) is 0 Å². The first-order chi connectivity index (χ1) is 8.25. The molecule has 0 radical (unpaired) electrons. The normalized spacial score (nSPS) is 19.2. The minimum Gasteiger partial charge on any atom is -0.352 e. The minimum atomic E-state index is -0.0505. The molecule has 92 valence electrons. The van der Waals surface area contributed by atoms with Gasteiger partial charge in [-0.05, 0) is 44.0 Å². The second-order valence-corrected chi connectivity index (χ2v) is 4.78. The molecule has 4 heteroatoms. The second kappa shape index (κ2) is 6.03. The fourth-order valence-corrected chi connectivity index (χ4v) is 2.29. The third-order valence-corrected chi connectivity index (χ3v) is 3.26. The van der Waals surface area contributed by atoms with Crippen molar-refractivity contribution in [2.45, 2.75) is 25.3 Å². The zero-order valence-corrected chi connectivity index (χ0v) is 10.5. The van der Waals surface area contributed by atoms with Crippen LogP contribution < -0.4 is 10.6 Å². The predicted octanol–water partition coefficient (Wildman–Crippen LogP) is 2.21. The quantitative estimate of drug-likeness (QED) is 0.863. The Morgan fingerprint density at radius 2 is 2.41 bits per heavy atom. The van der Waals surface area contributed by atoms with Gasteiger partial charge in [-0.1, -0.05) is 17.7 Å². The summed E-state index contributed by atoms with van der Waals surface area (Å²) in [4.78, 5) is 11.8. The zero-order chi connectivity index (χ0) is 12.1. The lowest BCUT2D eigenvalue weighted by Crippen LogP contribution is -2.30. The lowest BCUT2D eigenvalue weighted by Gasteiger charge is -2.10. The summed E-state index contributed by atoms with van der Waals surface area (Å²) >= 11 is 5.84. The standard InChI is InChI=1S/C13H17ClN2O/c14-11-4-1-3-10(9-11)13(17)16-8-6-12-5-2-7-15-12/h1,3-4,9,12,15H,2,5-8H2,(H,16,17)/t12-/m1/s1. The van der Waals surface area contributed by atoms with E-state index in [4.69, 9.17) is 11.6 Å². The van der Waals surface area contributed by atoms with Crippen LogP contribution in [0.1, 0.15) is 29.6 Å². The van der Waals surface area contributed by atoms with Crippen molar-refractivity contribution in [1.82, 2.24) is 10.6 Å². The first-order valence-corrected chi connectivity index (χ1v) is 6.40. The van der Waals surface area contributed by atoms with E-state index in [0.717, 1.165) is 13.0 Å².